The maximum atomic E-state index is 4.98. The quantitative estimate of drug-likeness (QED) is 0.262. The molecule has 2 heteroatoms. The average Bonchev–Trinajstić information content (AvgIpc) is 1.78. The lowest BCUT2D eigenvalue weighted by Crippen LogP contribution is -2.19. The lowest BCUT2D eigenvalue weighted by molar-refractivity contribution is -0.341. The van der Waals surface area contributed by atoms with Crippen molar-refractivity contribution >= 4 is 0 Å². The zero-order valence-electron chi connectivity index (χ0n) is 7.18. The smallest absolute Gasteiger partial charge is 0.100 e. The van der Waals surface area contributed by atoms with Gasteiger partial charge in [0.15, 0.2) is 0 Å². The van der Waals surface area contributed by atoms with Crippen molar-refractivity contribution < 1.29 is 9.78 Å². The molecule has 0 amide bonds. The van der Waals surface area contributed by atoms with Crippen LogP contribution in [0.4, 0.5) is 0 Å². The highest BCUT2D eigenvalue weighted by atomic mass is 17.2. The fourth-order valence-electron chi connectivity index (χ4n) is 0.346. The van der Waals surface area contributed by atoms with Gasteiger partial charge >= 0.3 is 0 Å². The number of rotatable bonds is 3. The molecule has 0 unspecified atom stereocenters. The normalized spacial score (nSPS) is 12.8. The molecule has 0 aromatic rings. The van der Waals surface area contributed by atoms with Gasteiger partial charge in [0.05, 0.1) is 5.60 Å². The minimum Gasteiger partial charge on any atom is -0.232 e. The number of hydrogen-bond donors (Lipinski definition) is 0. The van der Waals surface area contributed by atoms with Crippen LogP contribution in [0.25, 0.3) is 0 Å². The topological polar surface area (TPSA) is 18.5 Å². The summed E-state index contributed by atoms with van der Waals surface area (Å²) < 4.78 is 0. The van der Waals surface area contributed by atoms with Crippen molar-refractivity contribution in [3.8, 4) is 0 Å². The van der Waals surface area contributed by atoms with Gasteiger partial charge in [-0.1, -0.05) is 12.2 Å². The Bertz CT molecular complexity index is 100. The van der Waals surface area contributed by atoms with Crippen LogP contribution in [0, 0.1) is 0 Å². The van der Waals surface area contributed by atoms with Gasteiger partial charge < -0.3 is 0 Å². The molecule has 0 saturated heterocycles. The largest absolute Gasteiger partial charge is 0.232 e. The van der Waals surface area contributed by atoms with E-state index in [1.54, 1.807) is 0 Å². The Labute approximate surface area is 62.8 Å². The van der Waals surface area contributed by atoms with Crippen LogP contribution in [0.2, 0.25) is 0 Å². The van der Waals surface area contributed by atoms with Gasteiger partial charge in [-0.25, -0.2) is 9.78 Å². The van der Waals surface area contributed by atoms with E-state index >= 15 is 0 Å². The van der Waals surface area contributed by atoms with E-state index in [1.165, 1.54) is 0 Å². The molecule has 0 aliphatic heterocycles. The monoisotopic (exact) mass is 144 g/mol. The summed E-state index contributed by atoms with van der Waals surface area (Å²) in [6.45, 7) is 8.31. The van der Waals surface area contributed by atoms with Crippen LogP contribution in [0.1, 0.15) is 27.7 Å². The molecule has 0 aromatic heterocycles. The Balaban J connectivity index is 3.20. The highest BCUT2D eigenvalue weighted by Crippen LogP contribution is 2.06. The molecule has 0 atom stereocenters. The summed E-state index contributed by atoms with van der Waals surface area (Å²) in [4.78, 5) is 9.83. The highest BCUT2D eigenvalue weighted by molar-refractivity contribution is 4.75. The molecule has 0 aliphatic rings. The van der Waals surface area contributed by atoms with Crippen molar-refractivity contribution in [1.82, 2.24) is 0 Å². The van der Waals surface area contributed by atoms with Crippen LogP contribution in [0.15, 0.2) is 12.2 Å². The third kappa shape index (κ3) is 7.66. The molecule has 2 nitrogen and oxygen atoms in total. The first kappa shape index (κ1) is 9.66. The fourth-order valence-corrected chi connectivity index (χ4v) is 0.346. The van der Waals surface area contributed by atoms with Gasteiger partial charge in [-0.15, -0.1) is 0 Å². The Hall–Kier alpha value is -0.340. The van der Waals surface area contributed by atoms with E-state index in [2.05, 4.69) is 0 Å². The molecule has 0 saturated carbocycles. The van der Waals surface area contributed by atoms with E-state index in [-0.39, 0.29) is 5.60 Å². The average molecular weight is 144 g/mol. The van der Waals surface area contributed by atoms with Crippen molar-refractivity contribution in [2.24, 2.45) is 0 Å². The number of hydrogen-bond acceptors (Lipinski definition) is 2. The molecule has 0 aliphatic carbocycles. The first-order chi connectivity index (χ1) is 4.56. The van der Waals surface area contributed by atoms with E-state index in [4.69, 9.17) is 9.78 Å². The molecule has 0 aromatic carbocycles. The summed E-state index contributed by atoms with van der Waals surface area (Å²) in [7, 11) is 0. The second-order valence-corrected chi connectivity index (χ2v) is 3.05. The SMILES string of the molecule is CC=CCOOC(C)(C)C. The van der Waals surface area contributed by atoms with Crippen molar-refractivity contribution in [3.05, 3.63) is 12.2 Å². The van der Waals surface area contributed by atoms with E-state index in [9.17, 15) is 0 Å². The van der Waals surface area contributed by atoms with Gasteiger partial charge in [0.2, 0.25) is 0 Å². The van der Waals surface area contributed by atoms with E-state index in [1.807, 2.05) is 39.8 Å². The van der Waals surface area contributed by atoms with E-state index < -0.39 is 0 Å². The molecule has 0 bridgehead atoms. The Morgan fingerprint density at radius 3 is 2.30 bits per heavy atom. The maximum Gasteiger partial charge on any atom is 0.100 e. The summed E-state index contributed by atoms with van der Waals surface area (Å²) in [5.41, 5.74) is -0.207. The molecule has 0 radical (unpaired) electrons. The summed E-state index contributed by atoms with van der Waals surface area (Å²) in [5, 5.41) is 0. The van der Waals surface area contributed by atoms with Crippen molar-refractivity contribution in [1.29, 1.82) is 0 Å². The first-order valence-electron chi connectivity index (χ1n) is 3.48. The lowest BCUT2D eigenvalue weighted by atomic mass is 10.2. The van der Waals surface area contributed by atoms with Crippen LogP contribution in [0.5, 0.6) is 0 Å². The molecule has 0 heterocycles. The van der Waals surface area contributed by atoms with Gasteiger partial charge in [-0.05, 0) is 27.7 Å². The van der Waals surface area contributed by atoms with Crippen molar-refractivity contribution in [2.45, 2.75) is 33.3 Å². The first-order valence-corrected chi connectivity index (χ1v) is 3.48. The van der Waals surface area contributed by atoms with Gasteiger partial charge in [0.25, 0.3) is 0 Å². The molecular formula is C8H16O2. The van der Waals surface area contributed by atoms with Gasteiger partial charge in [-0.3, -0.25) is 0 Å². The van der Waals surface area contributed by atoms with Crippen LogP contribution >= 0.6 is 0 Å². The maximum absolute atomic E-state index is 4.98. The lowest BCUT2D eigenvalue weighted by Gasteiger charge is -2.16. The van der Waals surface area contributed by atoms with Gasteiger partial charge in [0, 0.05) is 0 Å². The minimum atomic E-state index is -0.207. The molecular weight excluding hydrogens is 128 g/mol. The molecule has 60 valence electrons. The summed E-state index contributed by atoms with van der Waals surface area (Å²) >= 11 is 0. The summed E-state index contributed by atoms with van der Waals surface area (Å²) in [5.74, 6) is 0. The minimum absolute atomic E-state index is 0.207. The van der Waals surface area contributed by atoms with Crippen molar-refractivity contribution in [2.75, 3.05) is 6.61 Å². The van der Waals surface area contributed by atoms with Gasteiger partial charge in [-0.2, -0.15) is 0 Å². The molecule has 0 N–H and O–H groups in total. The zero-order valence-corrected chi connectivity index (χ0v) is 7.18. The number of allylic oxidation sites excluding steroid dienone is 1. The third-order valence-electron chi connectivity index (χ3n) is 0.709. The summed E-state index contributed by atoms with van der Waals surface area (Å²) in [6, 6.07) is 0. The Kier molecular flexibility index (Phi) is 4.32. The van der Waals surface area contributed by atoms with Crippen LogP contribution in [-0.4, -0.2) is 12.2 Å². The molecule has 0 spiro atoms. The second kappa shape index (κ2) is 4.47. The van der Waals surface area contributed by atoms with Crippen LogP contribution in [-0.2, 0) is 9.78 Å². The van der Waals surface area contributed by atoms with E-state index in [0.29, 0.717) is 6.61 Å². The predicted molar refractivity (Wildman–Crippen MR) is 41.6 cm³/mol. The van der Waals surface area contributed by atoms with Gasteiger partial charge in [0.1, 0.15) is 6.61 Å². The fraction of sp³-hybridized carbons (Fsp3) is 0.750. The zero-order chi connectivity index (χ0) is 8.04. The third-order valence-corrected chi connectivity index (χ3v) is 0.709. The van der Waals surface area contributed by atoms with Crippen LogP contribution in [0.3, 0.4) is 0 Å². The van der Waals surface area contributed by atoms with E-state index in [0.717, 1.165) is 0 Å². The standard InChI is InChI=1S/C8H16O2/c1-5-6-7-9-10-8(2,3)4/h5-6H,7H2,1-4H3. The Morgan fingerprint density at radius 2 is 1.90 bits per heavy atom. The van der Waals surface area contributed by atoms with Crippen LogP contribution < -0.4 is 0 Å². The summed E-state index contributed by atoms with van der Waals surface area (Å²) in [6.07, 6.45) is 3.82. The van der Waals surface area contributed by atoms with Crippen molar-refractivity contribution in [3.63, 3.8) is 0 Å². The molecule has 0 rings (SSSR count). The second-order valence-electron chi connectivity index (χ2n) is 3.05. The molecule has 0 fully saturated rings. The highest BCUT2D eigenvalue weighted by Gasteiger charge is 2.10. The molecule has 10 heavy (non-hydrogen) atoms. The Morgan fingerprint density at radius 1 is 1.30 bits per heavy atom. The predicted octanol–water partition coefficient (Wildman–Crippen LogP) is 2.31.